The molecule has 1 amide bonds. The molecule has 0 aliphatic rings. The molecule has 5 nitrogen and oxygen atoms in total. The van der Waals surface area contributed by atoms with E-state index in [0.717, 1.165) is 12.8 Å². The standard InChI is InChI=1S/C16H32N2O3/c1-6-7-11(4)12(5)14(9-15(19)20)18-16(21)13(17)8-10(2)3/h10-14H,6-9,17H2,1-5H3,(H,18,21)(H,19,20)/t11-,12-,13+,14-/m1/s1. The molecule has 0 saturated heterocycles. The summed E-state index contributed by atoms with van der Waals surface area (Å²) in [7, 11) is 0. The van der Waals surface area contributed by atoms with Crippen molar-refractivity contribution in [2.45, 2.75) is 72.4 Å². The summed E-state index contributed by atoms with van der Waals surface area (Å²) in [5.74, 6) is -0.337. The van der Waals surface area contributed by atoms with Crippen molar-refractivity contribution in [2.75, 3.05) is 0 Å². The van der Waals surface area contributed by atoms with Gasteiger partial charge in [-0.15, -0.1) is 0 Å². The minimum atomic E-state index is -0.895. The number of carboxylic acids is 1. The van der Waals surface area contributed by atoms with Crippen molar-refractivity contribution in [2.24, 2.45) is 23.5 Å². The molecule has 0 unspecified atom stereocenters. The van der Waals surface area contributed by atoms with Crippen LogP contribution in [0.25, 0.3) is 0 Å². The summed E-state index contributed by atoms with van der Waals surface area (Å²) < 4.78 is 0. The number of rotatable bonds is 10. The number of aliphatic carboxylic acids is 1. The Morgan fingerprint density at radius 3 is 2.19 bits per heavy atom. The predicted octanol–water partition coefficient (Wildman–Crippen LogP) is 2.39. The van der Waals surface area contributed by atoms with Gasteiger partial charge in [0, 0.05) is 6.04 Å². The van der Waals surface area contributed by atoms with Crippen molar-refractivity contribution in [3.05, 3.63) is 0 Å². The summed E-state index contributed by atoms with van der Waals surface area (Å²) in [6.07, 6.45) is 2.61. The Balaban J connectivity index is 4.75. The number of carboxylic acid groups (broad SMARTS) is 1. The minimum Gasteiger partial charge on any atom is -0.481 e. The molecule has 0 heterocycles. The fourth-order valence-corrected chi connectivity index (χ4v) is 2.58. The molecule has 0 fully saturated rings. The van der Waals surface area contributed by atoms with Crippen LogP contribution < -0.4 is 11.1 Å². The number of hydrogen-bond donors (Lipinski definition) is 3. The summed E-state index contributed by atoms with van der Waals surface area (Å²) in [5, 5.41) is 11.9. The second-order valence-corrected chi connectivity index (χ2v) is 6.57. The maximum absolute atomic E-state index is 12.1. The van der Waals surface area contributed by atoms with Crippen LogP contribution in [0.15, 0.2) is 0 Å². The van der Waals surface area contributed by atoms with Crippen LogP contribution in [0.1, 0.15) is 60.3 Å². The third-order valence-corrected chi connectivity index (χ3v) is 4.06. The van der Waals surface area contributed by atoms with E-state index in [2.05, 4.69) is 19.2 Å². The van der Waals surface area contributed by atoms with Gasteiger partial charge in [0.2, 0.25) is 5.91 Å². The highest BCUT2D eigenvalue weighted by atomic mass is 16.4. The fraction of sp³-hybridized carbons (Fsp3) is 0.875. The van der Waals surface area contributed by atoms with E-state index in [1.807, 2.05) is 20.8 Å². The van der Waals surface area contributed by atoms with Crippen LogP contribution in [0.5, 0.6) is 0 Å². The third-order valence-electron chi connectivity index (χ3n) is 4.06. The van der Waals surface area contributed by atoms with E-state index in [1.54, 1.807) is 0 Å². The van der Waals surface area contributed by atoms with E-state index in [1.165, 1.54) is 0 Å². The number of nitrogens with two attached hydrogens (primary N) is 1. The maximum Gasteiger partial charge on any atom is 0.305 e. The van der Waals surface area contributed by atoms with Crippen LogP contribution in [0.2, 0.25) is 0 Å². The highest BCUT2D eigenvalue weighted by molar-refractivity contribution is 5.82. The first-order valence-electron chi connectivity index (χ1n) is 7.96. The number of hydrogen-bond acceptors (Lipinski definition) is 3. The molecular formula is C16H32N2O3. The Labute approximate surface area is 128 Å². The van der Waals surface area contributed by atoms with E-state index in [4.69, 9.17) is 10.8 Å². The van der Waals surface area contributed by atoms with Gasteiger partial charge in [-0.05, 0) is 24.2 Å². The van der Waals surface area contributed by atoms with Gasteiger partial charge in [0.25, 0.3) is 0 Å². The molecule has 0 aromatic rings. The summed E-state index contributed by atoms with van der Waals surface area (Å²) in [5.41, 5.74) is 5.87. The van der Waals surface area contributed by atoms with Crippen LogP contribution in [-0.2, 0) is 9.59 Å². The molecule has 124 valence electrons. The lowest BCUT2D eigenvalue weighted by Crippen LogP contribution is -2.49. The fourth-order valence-electron chi connectivity index (χ4n) is 2.58. The van der Waals surface area contributed by atoms with Crippen molar-refractivity contribution >= 4 is 11.9 Å². The van der Waals surface area contributed by atoms with Gasteiger partial charge in [-0.25, -0.2) is 0 Å². The predicted molar refractivity (Wildman–Crippen MR) is 84.8 cm³/mol. The second-order valence-electron chi connectivity index (χ2n) is 6.57. The Bertz CT molecular complexity index is 331. The highest BCUT2D eigenvalue weighted by Crippen LogP contribution is 2.22. The van der Waals surface area contributed by atoms with E-state index in [-0.39, 0.29) is 24.3 Å². The molecule has 0 aromatic heterocycles. The van der Waals surface area contributed by atoms with Crippen LogP contribution in [0.3, 0.4) is 0 Å². The van der Waals surface area contributed by atoms with Gasteiger partial charge in [-0.1, -0.05) is 47.5 Å². The maximum atomic E-state index is 12.1. The van der Waals surface area contributed by atoms with Crippen LogP contribution in [-0.4, -0.2) is 29.1 Å². The van der Waals surface area contributed by atoms with Gasteiger partial charge in [0.1, 0.15) is 0 Å². The molecule has 21 heavy (non-hydrogen) atoms. The van der Waals surface area contributed by atoms with Crippen molar-refractivity contribution < 1.29 is 14.7 Å². The van der Waals surface area contributed by atoms with Crippen LogP contribution in [0, 0.1) is 17.8 Å². The zero-order valence-corrected chi connectivity index (χ0v) is 14.1. The van der Waals surface area contributed by atoms with Gasteiger partial charge < -0.3 is 16.2 Å². The summed E-state index contributed by atoms with van der Waals surface area (Å²) in [6, 6.07) is -0.940. The molecular weight excluding hydrogens is 268 g/mol. The van der Waals surface area contributed by atoms with E-state index in [0.29, 0.717) is 18.3 Å². The topological polar surface area (TPSA) is 92.4 Å². The van der Waals surface area contributed by atoms with Crippen molar-refractivity contribution in [1.82, 2.24) is 5.32 Å². The molecule has 4 N–H and O–H groups in total. The quantitative estimate of drug-likeness (QED) is 0.577. The molecule has 0 spiro atoms. The van der Waals surface area contributed by atoms with Gasteiger partial charge in [-0.2, -0.15) is 0 Å². The summed E-state index contributed by atoms with van der Waals surface area (Å²) >= 11 is 0. The first-order valence-corrected chi connectivity index (χ1v) is 7.96. The largest absolute Gasteiger partial charge is 0.481 e. The lowest BCUT2D eigenvalue weighted by Gasteiger charge is -2.29. The van der Waals surface area contributed by atoms with Gasteiger partial charge in [0.15, 0.2) is 0 Å². The zero-order chi connectivity index (χ0) is 16.6. The van der Waals surface area contributed by atoms with Crippen LogP contribution in [0.4, 0.5) is 0 Å². The zero-order valence-electron chi connectivity index (χ0n) is 14.1. The summed E-state index contributed by atoms with van der Waals surface area (Å²) in [4.78, 5) is 23.2. The monoisotopic (exact) mass is 300 g/mol. The number of nitrogens with one attached hydrogen (secondary N) is 1. The van der Waals surface area contributed by atoms with E-state index < -0.39 is 12.0 Å². The van der Waals surface area contributed by atoms with Crippen LogP contribution >= 0.6 is 0 Å². The van der Waals surface area contributed by atoms with Crippen molar-refractivity contribution in [3.8, 4) is 0 Å². The normalized spacial score (nSPS) is 17.1. The first kappa shape index (κ1) is 19.9. The molecule has 0 saturated carbocycles. The molecule has 0 aliphatic carbocycles. The van der Waals surface area contributed by atoms with Crippen molar-refractivity contribution in [3.63, 3.8) is 0 Å². The van der Waals surface area contributed by atoms with Gasteiger partial charge in [0.05, 0.1) is 12.5 Å². The lowest BCUT2D eigenvalue weighted by molar-refractivity contribution is -0.138. The SMILES string of the molecule is CCC[C@@H](C)[C@@H](C)[C@@H](CC(=O)O)NC(=O)[C@@H](N)CC(C)C. The molecule has 4 atom stereocenters. The molecule has 0 bridgehead atoms. The average Bonchev–Trinajstić information content (AvgIpc) is 2.35. The lowest BCUT2D eigenvalue weighted by atomic mass is 9.84. The Kier molecular flexibility index (Phi) is 9.26. The van der Waals surface area contributed by atoms with Gasteiger partial charge in [-0.3, -0.25) is 9.59 Å². The molecule has 5 heteroatoms. The average molecular weight is 300 g/mol. The van der Waals surface area contributed by atoms with E-state index >= 15 is 0 Å². The Morgan fingerprint density at radius 1 is 1.19 bits per heavy atom. The molecule has 0 aromatic carbocycles. The Hall–Kier alpha value is -1.10. The highest BCUT2D eigenvalue weighted by Gasteiger charge is 2.27. The molecule has 0 rings (SSSR count). The van der Waals surface area contributed by atoms with Gasteiger partial charge >= 0.3 is 5.97 Å². The summed E-state index contributed by atoms with van der Waals surface area (Å²) in [6.45, 7) is 10.2. The molecule has 0 aliphatic heterocycles. The number of carbonyl (C=O) groups excluding carboxylic acids is 1. The first-order chi connectivity index (χ1) is 9.68. The van der Waals surface area contributed by atoms with E-state index in [9.17, 15) is 9.59 Å². The third kappa shape index (κ3) is 8.05. The number of carbonyl (C=O) groups is 2. The second kappa shape index (κ2) is 9.77. The minimum absolute atomic E-state index is 0.0602. The molecule has 0 radical (unpaired) electrons. The smallest absolute Gasteiger partial charge is 0.305 e. The Morgan fingerprint density at radius 2 is 1.76 bits per heavy atom. The number of amides is 1. The van der Waals surface area contributed by atoms with Crippen molar-refractivity contribution in [1.29, 1.82) is 0 Å².